The van der Waals surface area contributed by atoms with Crippen LogP contribution in [0.15, 0.2) is 24.3 Å². The van der Waals surface area contributed by atoms with E-state index in [0.29, 0.717) is 10.8 Å². The highest BCUT2D eigenvalue weighted by molar-refractivity contribution is 7.99. The standard InChI is InChI=1S/C10H10ClNO3S/c11-7-3-1-6(2-4-7)10-9(12(14)15)8(13)5-16-10/h1-4,8-10,13H,5H2/t8-,9-,10+/m1/s1. The Hall–Kier alpha value is -0.780. The molecule has 4 nitrogen and oxygen atoms in total. The molecular formula is C10H10ClNO3S. The fourth-order valence-corrected chi connectivity index (χ4v) is 3.35. The second-order valence-electron chi connectivity index (χ2n) is 3.65. The number of rotatable bonds is 2. The second kappa shape index (κ2) is 4.61. The van der Waals surface area contributed by atoms with Gasteiger partial charge in [0.2, 0.25) is 0 Å². The molecular weight excluding hydrogens is 250 g/mol. The smallest absolute Gasteiger partial charge is 0.255 e. The van der Waals surface area contributed by atoms with E-state index in [0.717, 1.165) is 5.56 Å². The third-order valence-electron chi connectivity index (χ3n) is 2.59. The molecule has 1 aliphatic rings. The van der Waals surface area contributed by atoms with E-state index in [2.05, 4.69) is 0 Å². The van der Waals surface area contributed by atoms with Gasteiger partial charge in [-0.3, -0.25) is 10.1 Å². The van der Waals surface area contributed by atoms with E-state index < -0.39 is 17.1 Å². The van der Waals surface area contributed by atoms with E-state index in [4.69, 9.17) is 11.6 Å². The number of nitrogens with zero attached hydrogens (tertiary/aromatic N) is 1. The molecule has 6 heteroatoms. The SMILES string of the molecule is O=[N+]([O-])[C@@H]1[C@H](O)CS[C@H]1c1ccc(Cl)cc1. The summed E-state index contributed by atoms with van der Waals surface area (Å²) < 4.78 is 0. The van der Waals surface area contributed by atoms with Crippen molar-refractivity contribution in [1.29, 1.82) is 0 Å². The van der Waals surface area contributed by atoms with Crippen molar-refractivity contribution in [3.8, 4) is 0 Å². The van der Waals surface area contributed by atoms with Gasteiger partial charge in [-0.25, -0.2) is 0 Å². The van der Waals surface area contributed by atoms with Crippen LogP contribution >= 0.6 is 23.4 Å². The Kier molecular flexibility index (Phi) is 3.37. The molecule has 0 aromatic heterocycles. The number of halogens is 1. The van der Waals surface area contributed by atoms with Crippen LogP contribution in [-0.2, 0) is 0 Å². The van der Waals surface area contributed by atoms with Crippen LogP contribution in [0.2, 0.25) is 5.02 Å². The molecule has 1 aliphatic heterocycles. The highest BCUT2D eigenvalue weighted by Crippen LogP contribution is 2.41. The van der Waals surface area contributed by atoms with Crippen molar-refractivity contribution >= 4 is 23.4 Å². The molecule has 0 unspecified atom stereocenters. The van der Waals surface area contributed by atoms with Gasteiger partial charge in [-0.1, -0.05) is 23.7 Å². The number of aliphatic hydroxyl groups is 1. The van der Waals surface area contributed by atoms with Crippen molar-refractivity contribution in [2.75, 3.05) is 5.75 Å². The van der Waals surface area contributed by atoms with Gasteiger partial charge in [0.25, 0.3) is 6.04 Å². The third-order valence-corrected chi connectivity index (χ3v) is 4.29. The Labute approximate surface area is 102 Å². The van der Waals surface area contributed by atoms with Gasteiger partial charge < -0.3 is 5.11 Å². The van der Waals surface area contributed by atoms with Crippen molar-refractivity contribution in [1.82, 2.24) is 0 Å². The molecule has 0 spiro atoms. The van der Waals surface area contributed by atoms with Crippen LogP contribution in [0.1, 0.15) is 10.8 Å². The zero-order chi connectivity index (χ0) is 11.7. The second-order valence-corrected chi connectivity index (χ2v) is 5.26. The predicted octanol–water partition coefficient (Wildman–Crippen LogP) is 2.13. The summed E-state index contributed by atoms with van der Waals surface area (Å²) >= 11 is 7.17. The summed E-state index contributed by atoms with van der Waals surface area (Å²) in [6.45, 7) is 0. The molecule has 0 aliphatic carbocycles. The van der Waals surface area contributed by atoms with Crippen molar-refractivity contribution in [2.24, 2.45) is 0 Å². The molecule has 1 fully saturated rings. The van der Waals surface area contributed by atoms with Crippen LogP contribution in [0.3, 0.4) is 0 Å². The van der Waals surface area contributed by atoms with Gasteiger partial charge in [0, 0.05) is 15.7 Å². The van der Waals surface area contributed by atoms with Gasteiger partial charge in [-0.05, 0) is 17.7 Å². The molecule has 16 heavy (non-hydrogen) atoms. The molecule has 0 saturated carbocycles. The summed E-state index contributed by atoms with van der Waals surface area (Å²) in [6.07, 6.45) is -0.874. The quantitative estimate of drug-likeness (QED) is 0.653. The lowest BCUT2D eigenvalue weighted by molar-refractivity contribution is -0.531. The van der Waals surface area contributed by atoms with Gasteiger partial charge in [0.05, 0.1) is 5.25 Å². The summed E-state index contributed by atoms with van der Waals surface area (Å²) in [5.74, 6) is 0.402. The average molecular weight is 260 g/mol. The van der Waals surface area contributed by atoms with Gasteiger partial charge >= 0.3 is 0 Å². The first-order valence-electron chi connectivity index (χ1n) is 4.78. The van der Waals surface area contributed by atoms with Crippen molar-refractivity contribution < 1.29 is 10.0 Å². The number of hydrogen-bond acceptors (Lipinski definition) is 4. The molecule has 2 rings (SSSR count). The van der Waals surface area contributed by atoms with Crippen LogP contribution in [-0.4, -0.2) is 27.9 Å². The van der Waals surface area contributed by atoms with Crippen LogP contribution in [0, 0.1) is 10.1 Å². The van der Waals surface area contributed by atoms with Gasteiger partial charge in [0.1, 0.15) is 6.10 Å². The molecule has 1 aromatic rings. The van der Waals surface area contributed by atoms with E-state index >= 15 is 0 Å². The van der Waals surface area contributed by atoms with Crippen LogP contribution in [0.5, 0.6) is 0 Å². The van der Waals surface area contributed by atoms with Crippen molar-refractivity contribution in [3.05, 3.63) is 45.0 Å². The maximum Gasteiger partial charge on any atom is 0.255 e. The molecule has 0 bridgehead atoms. The Morgan fingerprint density at radius 2 is 2.06 bits per heavy atom. The van der Waals surface area contributed by atoms with Gasteiger partial charge in [-0.15, -0.1) is 11.8 Å². The first-order chi connectivity index (χ1) is 7.59. The fraction of sp³-hybridized carbons (Fsp3) is 0.400. The first-order valence-corrected chi connectivity index (χ1v) is 6.21. The minimum absolute atomic E-state index is 0.290. The molecule has 0 radical (unpaired) electrons. The number of hydrogen-bond donors (Lipinski definition) is 1. The lowest BCUT2D eigenvalue weighted by atomic mass is 10.0. The Morgan fingerprint density at radius 3 is 2.62 bits per heavy atom. The molecule has 1 heterocycles. The minimum atomic E-state index is -0.925. The Balaban J connectivity index is 2.26. The monoisotopic (exact) mass is 259 g/mol. The predicted molar refractivity (Wildman–Crippen MR) is 63.4 cm³/mol. The molecule has 86 valence electrons. The summed E-state index contributed by atoms with van der Waals surface area (Å²) in [6, 6.07) is 6.03. The van der Waals surface area contributed by atoms with Gasteiger partial charge in [0.15, 0.2) is 0 Å². The first kappa shape index (κ1) is 11.7. The average Bonchev–Trinajstić information content (AvgIpc) is 2.61. The van der Waals surface area contributed by atoms with Gasteiger partial charge in [-0.2, -0.15) is 0 Å². The third kappa shape index (κ3) is 2.16. The summed E-state index contributed by atoms with van der Waals surface area (Å²) in [7, 11) is 0. The van der Waals surface area contributed by atoms with Crippen LogP contribution in [0.4, 0.5) is 0 Å². The maximum atomic E-state index is 10.9. The minimum Gasteiger partial charge on any atom is -0.385 e. The van der Waals surface area contributed by atoms with E-state index in [1.807, 2.05) is 0 Å². The van der Waals surface area contributed by atoms with Crippen LogP contribution in [0.25, 0.3) is 0 Å². The zero-order valence-corrected chi connectivity index (χ0v) is 9.82. The van der Waals surface area contributed by atoms with Crippen molar-refractivity contribution in [2.45, 2.75) is 17.4 Å². The molecule has 3 atom stereocenters. The normalized spacial score (nSPS) is 29.2. The summed E-state index contributed by atoms with van der Waals surface area (Å²) in [5, 5.41) is 20.7. The molecule has 0 amide bonds. The largest absolute Gasteiger partial charge is 0.385 e. The van der Waals surface area contributed by atoms with E-state index in [1.165, 1.54) is 11.8 Å². The summed E-state index contributed by atoms with van der Waals surface area (Å²) in [5.41, 5.74) is 0.840. The molecule has 1 aromatic carbocycles. The Morgan fingerprint density at radius 1 is 1.44 bits per heavy atom. The number of thioether (sulfide) groups is 1. The number of aliphatic hydroxyl groups excluding tert-OH is 1. The van der Waals surface area contributed by atoms with Crippen molar-refractivity contribution in [3.63, 3.8) is 0 Å². The van der Waals surface area contributed by atoms with E-state index in [9.17, 15) is 15.2 Å². The number of benzene rings is 1. The zero-order valence-electron chi connectivity index (χ0n) is 8.25. The molecule has 1 saturated heterocycles. The maximum absolute atomic E-state index is 10.9. The summed E-state index contributed by atoms with van der Waals surface area (Å²) in [4.78, 5) is 10.5. The highest BCUT2D eigenvalue weighted by atomic mass is 35.5. The lowest BCUT2D eigenvalue weighted by Crippen LogP contribution is -2.33. The highest BCUT2D eigenvalue weighted by Gasteiger charge is 2.45. The fourth-order valence-electron chi connectivity index (χ4n) is 1.80. The van der Waals surface area contributed by atoms with E-state index in [1.54, 1.807) is 24.3 Å². The van der Waals surface area contributed by atoms with E-state index in [-0.39, 0.29) is 5.25 Å². The molecule has 1 N–H and O–H groups in total. The number of nitro groups is 1. The lowest BCUT2D eigenvalue weighted by Gasteiger charge is -2.14. The topological polar surface area (TPSA) is 63.4 Å². The Bertz CT molecular complexity index is 398. The van der Waals surface area contributed by atoms with Crippen LogP contribution < -0.4 is 0 Å².